The minimum atomic E-state index is -0.805. The summed E-state index contributed by atoms with van der Waals surface area (Å²) >= 11 is 0. The molecule has 8 aromatic carbocycles. The Morgan fingerprint density at radius 1 is 0.362 bits per heavy atom. The third-order valence-corrected chi connectivity index (χ3v) is 8.09. The van der Waals surface area contributed by atoms with Crippen molar-refractivity contribution in [2.24, 2.45) is 0 Å². The van der Waals surface area contributed by atoms with Gasteiger partial charge >= 0.3 is 0 Å². The number of fused-ring (bicyclic) bond motifs is 3. The van der Waals surface area contributed by atoms with Gasteiger partial charge in [-0.2, -0.15) is 0 Å². The summed E-state index contributed by atoms with van der Waals surface area (Å²) in [6, 6.07) is 10.6. The molecule has 9 aromatic rings. The van der Waals surface area contributed by atoms with Gasteiger partial charge < -0.3 is 4.42 Å². The van der Waals surface area contributed by atoms with Crippen molar-refractivity contribution in [3.05, 3.63) is 182 Å². The maximum absolute atomic E-state index is 9.72. The van der Waals surface area contributed by atoms with Gasteiger partial charge in [0.2, 0.25) is 0 Å². The summed E-state index contributed by atoms with van der Waals surface area (Å²) in [6.07, 6.45) is 0. The molecule has 0 saturated heterocycles. The second-order valence-electron chi connectivity index (χ2n) is 10.7. The molecule has 0 saturated carbocycles. The highest BCUT2D eigenvalue weighted by Gasteiger charge is 2.25. The quantitative estimate of drug-likeness (QED) is 0.176. The third-order valence-electron chi connectivity index (χ3n) is 8.09. The summed E-state index contributed by atoms with van der Waals surface area (Å²) in [5, 5.41) is -0.393. The van der Waals surface area contributed by atoms with E-state index in [2.05, 4.69) is 0 Å². The second kappa shape index (κ2) is 11.3. The van der Waals surface area contributed by atoms with Crippen molar-refractivity contribution in [2.45, 2.75) is 0 Å². The summed E-state index contributed by atoms with van der Waals surface area (Å²) in [5.41, 5.74) is -0.250. The Bertz CT molecular complexity index is 3400. The van der Waals surface area contributed by atoms with Crippen LogP contribution in [0.2, 0.25) is 0 Å². The van der Waals surface area contributed by atoms with Crippen molar-refractivity contribution < 1.29 is 27.7 Å². The highest BCUT2D eigenvalue weighted by atomic mass is 16.3. The molecule has 0 aliphatic carbocycles. The number of benzene rings is 8. The lowest BCUT2D eigenvalue weighted by Gasteiger charge is -2.18. The zero-order valence-electron chi connectivity index (χ0n) is 41.4. The Morgan fingerprint density at radius 3 is 1.57 bits per heavy atom. The Balaban J connectivity index is 1.61. The van der Waals surface area contributed by atoms with E-state index in [1.54, 1.807) is 78.9 Å². The molecular formula is C46H30O. The van der Waals surface area contributed by atoms with E-state index in [0.29, 0.717) is 16.7 Å². The fourth-order valence-corrected chi connectivity index (χ4v) is 6.11. The molecule has 47 heavy (non-hydrogen) atoms. The van der Waals surface area contributed by atoms with Crippen LogP contribution in [0.3, 0.4) is 0 Å². The zero-order valence-corrected chi connectivity index (χ0v) is 24.4. The average Bonchev–Trinajstić information content (AvgIpc) is 3.68. The van der Waals surface area contributed by atoms with Gasteiger partial charge in [0.15, 0.2) is 0 Å². The normalized spacial score (nSPS) is 16.5. The largest absolute Gasteiger partial charge is 0.455 e. The van der Waals surface area contributed by atoms with Crippen molar-refractivity contribution in [3.63, 3.8) is 0 Å². The molecule has 0 bridgehead atoms. The predicted molar refractivity (Wildman–Crippen MR) is 198 cm³/mol. The number of furan rings is 1. The van der Waals surface area contributed by atoms with Crippen molar-refractivity contribution >= 4 is 32.5 Å². The van der Waals surface area contributed by atoms with E-state index >= 15 is 0 Å². The highest BCUT2D eigenvalue weighted by molar-refractivity contribution is 6.25. The van der Waals surface area contributed by atoms with Gasteiger partial charge in [-0.3, -0.25) is 0 Å². The summed E-state index contributed by atoms with van der Waals surface area (Å²) in [4.78, 5) is 0. The summed E-state index contributed by atoms with van der Waals surface area (Å²) in [5.74, 6) is -0.384. The van der Waals surface area contributed by atoms with Gasteiger partial charge in [-0.1, -0.05) is 176 Å². The minimum Gasteiger partial charge on any atom is -0.455 e. The van der Waals surface area contributed by atoms with Crippen LogP contribution in [0.5, 0.6) is 0 Å². The van der Waals surface area contributed by atoms with E-state index in [1.165, 1.54) is 0 Å². The van der Waals surface area contributed by atoms with Gasteiger partial charge in [-0.15, -0.1) is 0 Å². The van der Waals surface area contributed by atoms with Crippen molar-refractivity contribution in [3.8, 4) is 55.8 Å². The van der Waals surface area contributed by atoms with Crippen LogP contribution < -0.4 is 0 Å². The van der Waals surface area contributed by atoms with Crippen LogP contribution in [0, 0.1) is 0 Å². The van der Waals surface area contributed by atoms with Gasteiger partial charge in [0.25, 0.3) is 0 Å². The van der Waals surface area contributed by atoms with Gasteiger partial charge in [0.1, 0.15) is 11.3 Å². The fourth-order valence-electron chi connectivity index (χ4n) is 6.11. The van der Waals surface area contributed by atoms with Crippen molar-refractivity contribution in [1.29, 1.82) is 0 Å². The first-order valence-electron chi connectivity index (χ1n) is 23.2. The number of para-hydroxylation sites is 1. The molecule has 0 radical (unpaired) electrons. The number of hydrogen-bond acceptors (Lipinski definition) is 1. The zero-order chi connectivity index (χ0) is 46.0. The average molecular weight is 616 g/mol. The molecule has 1 aromatic heterocycles. The van der Waals surface area contributed by atoms with E-state index in [9.17, 15) is 8.22 Å². The molecule has 0 aliphatic heterocycles. The maximum Gasteiger partial charge on any atom is 0.143 e. The van der Waals surface area contributed by atoms with Crippen LogP contribution in [0.25, 0.3) is 88.3 Å². The highest BCUT2D eigenvalue weighted by Crippen LogP contribution is 2.50. The molecule has 9 rings (SSSR count). The summed E-state index contributed by atoms with van der Waals surface area (Å²) < 4.78 is 160. The van der Waals surface area contributed by atoms with Gasteiger partial charge in [0.05, 0.1) is 23.3 Å². The molecule has 1 heterocycles. The molecule has 0 unspecified atom stereocenters. The monoisotopic (exact) mass is 615 g/mol. The van der Waals surface area contributed by atoms with Crippen LogP contribution in [0.15, 0.2) is 186 Å². The third kappa shape index (κ3) is 4.56. The molecule has 220 valence electrons. The Morgan fingerprint density at radius 2 is 0.915 bits per heavy atom. The summed E-state index contributed by atoms with van der Waals surface area (Å²) in [6.45, 7) is 0. The van der Waals surface area contributed by atoms with Crippen molar-refractivity contribution in [2.75, 3.05) is 0 Å². The van der Waals surface area contributed by atoms with Crippen LogP contribution in [-0.4, -0.2) is 0 Å². The molecule has 0 fully saturated rings. The molecule has 0 aliphatic rings. The Hall–Kier alpha value is -6.18. The molecule has 0 spiro atoms. The smallest absolute Gasteiger partial charge is 0.143 e. The first kappa shape index (κ1) is 14.9. The first-order valence-corrected chi connectivity index (χ1v) is 14.7. The van der Waals surface area contributed by atoms with Gasteiger partial charge in [-0.05, 0) is 55.4 Å². The fraction of sp³-hybridized carbons (Fsp3) is 0. The van der Waals surface area contributed by atoms with Gasteiger partial charge in [0, 0.05) is 27.6 Å². The number of hydrogen-bond donors (Lipinski definition) is 0. The topological polar surface area (TPSA) is 13.1 Å². The molecule has 1 nitrogen and oxygen atoms in total. The molecule has 0 N–H and O–H groups in total. The Labute approximate surface area is 297 Å². The SMILES string of the molecule is [2H]c1c([2H])c([2H])c(-c2c([2H])c([2H])c([2H])c(-c3oc4c(-c5ccccc5)cccc4c3-c3c4c([2H])c([2H])c([2H])c([2H])c4c(-c4ccccc4)c4c([2H])c([2H])c([2H])c([2H])c34)c2[2H])c([2H])c1[2H]. The standard InChI is InChI=1S/C46H30O/c1-4-16-31(17-5-1)34-22-14-23-35(30-34)45-44(41-29-15-28-36(46(41)47-45)32-18-6-2-7-19-32)43-39-26-12-10-24-37(39)42(33-20-8-3-9-21-33)38-25-11-13-27-40(38)43/h1-30H/i1D,4D,5D,10D,11D,12D,13D,14D,16D,17D,22D,23D,24D,25D,26D,27D,30D. The molecule has 1 heteroatoms. The van der Waals surface area contributed by atoms with E-state index in [-0.39, 0.29) is 55.0 Å². The van der Waals surface area contributed by atoms with E-state index in [0.717, 1.165) is 0 Å². The lowest BCUT2D eigenvalue weighted by atomic mass is 9.84. The number of rotatable bonds is 5. The molecule has 0 atom stereocenters. The first-order chi connectivity index (χ1) is 30.4. The predicted octanol–water partition coefficient (Wildman–Crippen LogP) is 13.1. The van der Waals surface area contributed by atoms with Crippen molar-refractivity contribution in [1.82, 2.24) is 0 Å². The molecule has 0 amide bonds. The second-order valence-corrected chi connectivity index (χ2v) is 10.7. The maximum atomic E-state index is 9.72. The van der Waals surface area contributed by atoms with Crippen LogP contribution in [0.1, 0.15) is 23.3 Å². The summed E-state index contributed by atoms with van der Waals surface area (Å²) in [7, 11) is 0. The minimum absolute atomic E-state index is 0.0884. The van der Waals surface area contributed by atoms with E-state index < -0.39 is 119 Å². The van der Waals surface area contributed by atoms with E-state index in [4.69, 9.17) is 19.5 Å². The van der Waals surface area contributed by atoms with Gasteiger partial charge in [-0.25, -0.2) is 0 Å². The molecular weight excluding hydrogens is 569 g/mol. The lowest BCUT2D eigenvalue weighted by Crippen LogP contribution is -1.91. The van der Waals surface area contributed by atoms with Crippen LogP contribution in [-0.2, 0) is 0 Å². The Kier molecular flexibility index (Phi) is 3.60. The van der Waals surface area contributed by atoms with Crippen LogP contribution in [0.4, 0.5) is 0 Å². The van der Waals surface area contributed by atoms with Crippen LogP contribution >= 0.6 is 0 Å². The lowest BCUT2D eigenvalue weighted by molar-refractivity contribution is 0.633. The van der Waals surface area contributed by atoms with E-state index in [1.807, 2.05) is 0 Å².